The molecule has 0 aliphatic rings. The fourth-order valence-corrected chi connectivity index (χ4v) is 2.79. The van der Waals surface area contributed by atoms with Gasteiger partial charge in [0, 0.05) is 12.1 Å². The minimum Gasteiger partial charge on any atom is -0.406 e. The predicted octanol–water partition coefficient (Wildman–Crippen LogP) is 4.98. The molecule has 0 spiro atoms. The molecule has 0 atom stereocenters. The molecule has 142 valence electrons. The van der Waals surface area contributed by atoms with Crippen molar-refractivity contribution in [2.75, 3.05) is 0 Å². The fraction of sp³-hybridized carbons (Fsp3) is 0.0667. The summed E-state index contributed by atoms with van der Waals surface area (Å²) in [4.78, 5) is 12.0. The third-order valence-corrected chi connectivity index (χ3v) is 3.74. The Hall–Kier alpha value is -2.59. The van der Waals surface area contributed by atoms with Gasteiger partial charge in [0.05, 0.1) is 10.0 Å². The molecule has 1 heterocycles. The molecule has 12 heteroatoms. The van der Waals surface area contributed by atoms with Crippen molar-refractivity contribution in [2.24, 2.45) is 0 Å². The van der Waals surface area contributed by atoms with E-state index in [1.54, 1.807) is 0 Å². The Balaban J connectivity index is 2.11. The van der Waals surface area contributed by atoms with E-state index < -0.39 is 51.0 Å². The molecule has 3 aromatic rings. The van der Waals surface area contributed by atoms with Crippen LogP contribution in [0.4, 0.5) is 22.0 Å². The lowest BCUT2D eigenvalue weighted by Gasteiger charge is -2.11. The molecular weight excluding hydrogens is 422 g/mol. The number of alkyl halides is 3. The quantitative estimate of drug-likeness (QED) is 0.554. The molecule has 0 aliphatic heterocycles. The number of nitrogens with zero attached hydrogens (tertiary/aromatic N) is 2. The molecule has 0 unspecified atom stereocenters. The summed E-state index contributed by atoms with van der Waals surface area (Å²) in [5.41, 5.74) is -1.07. The van der Waals surface area contributed by atoms with Gasteiger partial charge in [0.2, 0.25) is 0 Å². The second kappa shape index (κ2) is 6.86. The molecule has 0 bridgehead atoms. The summed E-state index contributed by atoms with van der Waals surface area (Å²) in [7, 11) is 0. The lowest BCUT2D eigenvalue weighted by Crippen LogP contribution is -2.18. The molecule has 0 fully saturated rings. The minimum atomic E-state index is -4.99. The zero-order chi connectivity index (χ0) is 19.9. The lowest BCUT2D eigenvalue weighted by molar-refractivity contribution is -0.274. The van der Waals surface area contributed by atoms with Gasteiger partial charge in [0.25, 0.3) is 5.89 Å². The Morgan fingerprint density at radius 3 is 2.15 bits per heavy atom. The summed E-state index contributed by atoms with van der Waals surface area (Å²) in [6.45, 7) is 0. The Morgan fingerprint density at radius 2 is 1.63 bits per heavy atom. The van der Waals surface area contributed by atoms with Crippen LogP contribution in [0.1, 0.15) is 0 Å². The van der Waals surface area contributed by atoms with E-state index in [1.807, 2.05) is 0 Å². The van der Waals surface area contributed by atoms with Gasteiger partial charge >= 0.3 is 12.1 Å². The van der Waals surface area contributed by atoms with Crippen molar-refractivity contribution < 1.29 is 31.1 Å². The normalized spacial score (nSPS) is 11.7. The van der Waals surface area contributed by atoms with Crippen LogP contribution in [0.25, 0.3) is 17.1 Å². The SMILES string of the molecule is O=c1oc(-c2c(F)cccc2F)nn1-c1c(Cl)cc(OC(F)(F)F)cc1Cl. The van der Waals surface area contributed by atoms with Crippen molar-refractivity contribution in [3.05, 3.63) is 62.6 Å². The van der Waals surface area contributed by atoms with Gasteiger partial charge in [-0.2, -0.15) is 4.68 Å². The Bertz CT molecular complexity index is 1030. The highest BCUT2D eigenvalue weighted by molar-refractivity contribution is 6.38. The van der Waals surface area contributed by atoms with Crippen LogP contribution in [0.2, 0.25) is 10.0 Å². The van der Waals surface area contributed by atoms with Crippen LogP contribution < -0.4 is 10.5 Å². The van der Waals surface area contributed by atoms with Crippen molar-refractivity contribution in [3.63, 3.8) is 0 Å². The van der Waals surface area contributed by atoms with Gasteiger partial charge in [-0.05, 0) is 12.1 Å². The maximum Gasteiger partial charge on any atom is 0.573 e. The number of benzene rings is 2. The molecular formula is C15H5Cl2F5N2O3. The van der Waals surface area contributed by atoms with Gasteiger partial charge in [-0.1, -0.05) is 29.3 Å². The fourth-order valence-electron chi connectivity index (χ4n) is 2.16. The Morgan fingerprint density at radius 1 is 1.07 bits per heavy atom. The monoisotopic (exact) mass is 426 g/mol. The topological polar surface area (TPSA) is 57.3 Å². The van der Waals surface area contributed by atoms with E-state index in [9.17, 15) is 26.7 Å². The molecule has 2 aromatic carbocycles. The number of halogens is 7. The van der Waals surface area contributed by atoms with Crippen LogP contribution in [-0.4, -0.2) is 16.1 Å². The summed E-state index contributed by atoms with van der Waals surface area (Å²) in [6.07, 6.45) is -4.99. The first-order valence-electron chi connectivity index (χ1n) is 6.86. The Labute approximate surface area is 156 Å². The van der Waals surface area contributed by atoms with E-state index in [-0.39, 0.29) is 5.69 Å². The molecule has 0 amide bonds. The van der Waals surface area contributed by atoms with Crippen LogP contribution in [0, 0.1) is 11.6 Å². The molecule has 27 heavy (non-hydrogen) atoms. The maximum atomic E-state index is 13.8. The maximum absolute atomic E-state index is 13.8. The van der Waals surface area contributed by atoms with E-state index in [1.165, 1.54) is 0 Å². The van der Waals surface area contributed by atoms with Gasteiger partial charge in [0.15, 0.2) is 0 Å². The van der Waals surface area contributed by atoms with Gasteiger partial charge in [0.1, 0.15) is 28.6 Å². The first-order valence-corrected chi connectivity index (χ1v) is 7.62. The molecule has 0 saturated heterocycles. The summed E-state index contributed by atoms with van der Waals surface area (Å²) in [5, 5.41) is 2.73. The van der Waals surface area contributed by atoms with Gasteiger partial charge in [-0.3, -0.25) is 0 Å². The zero-order valence-corrected chi connectivity index (χ0v) is 14.2. The largest absolute Gasteiger partial charge is 0.573 e. The summed E-state index contributed by atoms with van der Waals surface area (Å²) >= 11 is 11.7. The summed E-state index contributed by atoms with van der Waals surface area (Å²) in [6, 6.07) is 4.40. The molecule has 0 radical (unpaired) electrons. The minimum absolute atomic E-state index is 0.357. The average molecular weight is 427 g/mol. The lowest BCUT2D eigenvalue weighted by atomic mass is 10.2. The van der Waals surface area contributed by atoms with Crippen molar-refractivity contribution in [2.45, 2.75) is 6.36 Å². The van der Waals surface area contributed by atoms with Gasteiger partial charge < -0.3 is 9.15 Å². The molecule has 0 saturated carbocycles. The van der Waals surface area contributed by atoms with E-state index in [0.29, 0.717) is 4.68 Å². The third kappa shape index (κ3) is 3.91. The second-order valence-electron chi connectivity index (χ2n) is 4.96. The zero-order valence-electron chi connectivity index (χ0n) is 12.7. The van der Waals surface area contributed by atoms with E-state index in [2.05, 4.69) is 9.84 Å². The van der Waals surface area contributed by atoms with Crippen LogP contribution in [0.3, 0.4) is 0 Å². The molecule has 0 aliphatic carbocycles. The highest BCUT2D eigenvalue weighted by Crippen LogP contribution is 2.35. The second-order valence-corrected chi connectivity index (χ2v) is 5.78. The van der Waals surface area contributed by atoms with Crippen molar-refractivity contribution in [3.8, 4) is 22.9 Å². The number of hydrogen-bond acceptors (Lipinski definition) is 4. The van der Waals surface area contributed by atoms with Crippen molar-refractivity contribution >= 4 is 23.2 Å². The van der Waals surface area contributed by atoms with Crippen molar-refractivity contribution in [1.82, 2.24) is 9.78 Å². The van der Waals surface area contributed by atoms with Crippen molar-refractivity contribution in [1.29, 1.82) is 0 Å². The van der Waals surface area contributed by atoms with Crippen LogP contribution in [0.5, 0.6) is 5.75 Å². The van der Waals surface area contributed by atoms with E-state index in [0.717, 1.165) is 30.3 Å². The number of aromatic nitrogens is 2. The number of rotatable bonds is 3. The first kappa shape index (κ1) is 19.2. The highest BCUT2D eigenvalue weighted by Gasteiger charge is 2.32. The highest BCUT2D eigenvalue weighted by atomic mass is 35.5. The number of ether oxygens (including phenoxy) is 1. The molecule has 0 N–H and O–H groups in total. The van der Waals surface area contributed by atoms with Crippen LogP contribution in [0.15, 0.2) is 39.5 Å². The van der Waals surface area contributed by atoms with Crippen LogP contribution in [-0.2, 0) is 0 Å². The van der Waals surface area contributed by atoms with E-state index in [4.69, 9.17) is 27.6 Å². The van der Waals surface area contributed by atoms with E-state index >= 15 is 0 Å². The summed E-state index contributed by atoms with van der Waals surface area (Å²) < 4.78 is 73.4. The van der Waals surface area contributed by atoms with Gasteiger partial charge in [-0.15, -0.1) is 18.3 Å². The smallest absolute Gasteiger partial charge is 0.406 e. The van der Waals surface area contributed by atoms with Gasteiger partial charge in [-0.25, -0.2) is 13.6 Å². The third-order valence-electron chi connectivity index (χ3n) is 3.16. The molecule has 5 nitrogen and oxygen atoms in total. The van der Waals surface area contributed by atoms with Crippen LogP contribution >= 0.6 is 23.2 Å². The average Bonchev–Trinajstić information content (AvgIpc) is 2.86. The molecule has 1 aromatic heterocycles. The standard InChI is InChI=1S/C15H5Cl2F5N2O3/c16-7-4-6(27-15(20,21)22)5-8(17)12(7)24-14(25)26-13(23-24)11-9(18)2-1-3-10(11)19/h1-5H. The first-order chi connectivity index (χ1) is 12.6. The molecule has 3 rings (SSSR count). The summed E-state index contributed by atoms with van der Waals surface area (Å²) in [5.74, 6) is -4.76. The number of hydrogen-bond donors (Lipinski definition) is 0. The predicted molar refractivity (Wildman–Crippen MR) is 84.2 cm³/mol. The Kier molecular flexibility index (Phi) is 4.87.